The van der Waals surface area contributed by atoms with Crippen LogP contribution in [0.5, 0.6) is 5.75 Å². The van der Waals surface area contributed by atoms with Crippen LogP contribution in [0.2, 0.25) is 5.02 Å². The van der Waals surface area contributed by atoms with E-state index in [2.05, 4.69) is 10.6 Å². The van der Waals surface area contributed by atoms with Crippen molar-refractivity contribution in [2.24, 2.45) is 0 Å². The maximum Gasteiger partial charge on any atom is 0.251 e. The highest BCUT2D eigenvalue weighted by atomic mass is 35.5. The lowest BCUT2D eigenvalue weighted by Crippen LogP contribution is -2.38. The fourth-order valence-corrected chi connectivity index (χ4v) is 2.47. The van der Waals surface area contributed by atoms with Crippen LogP contribution < -0.4 is 15.4 Å². The first-order valence-corrected chi connectivity index (χ1v) is 8.82. The Morgan fingerprint density at radius 1 is 1.00 bits per heavy atom. The summed E-state index contributed by atoms with van der Waals surface area (Å²) < 4.78 is 5.54. The van der Waals surface area contributed by atoms with Crippen molar-refractivity contribution < 1.29 is 14.3 Å². The number of hydrogen-bond acceptors (Lipinski definition) is 3. The minimum absolute atomic E-state index is 0.0704. The fraction of sp³-hybridized carbons (Fsp3) is 0.300. The standard InChI is InChI=1S/C20H23ClN2O3/c1-13(2)26-18-10-6-16(7-11-18)20(25)22-12-19(24)23-14(3)15-4-8-17(21)9-5-15/h4-11,13-14H,12H2,1-3H3,(H,22,25)(H,23,24)/t14-/m1/s1. The lowest BCUT2D eigenvalue weighted by molar-refractivity contribution is -0.120. The number of amides is 2. The minimum Gasteiger partial charge on any atom is -0.491 e. The number of nitrogens with one attached hydrogen (secondary N) is 2. The predicted molar refractivity (Wildman–Crippen MR) is 103 cm³/mol. The first-order valence-electron chi connectivity index (χ1n) is 8.45. The van der Waals surface area contributed by atoms with Gasteiger partial charge < -0.3 is 15.4 Å². The zero-order valence-corrected chi connectivity index (χ0v) is 15.8. The summed E-state index contributed by atoms with van der Waals surface area (Å²) in [4.78, 5) is 24.2. The molecular weight excluding hydrogens is 352 g/mol. The summed E-state index contributed by atoms with van der Waals surface area (Å²) in [6.07, 6.45) is 0.0704. The number of ether oxygens (including phenoxy) is 1. The third-order valence-corrected chi connectivity index (χ3v) is 3.90. The van der Waals surface area contributed by atoms with Gasteiger partial charge in [-0.05, 0) is 62.7 Å². The molecule has 0 fully saturated rings. The topological polar surface area (TPSA) is 67.4 Å². The van der Waals surface area contributed by atoms with Crippen molar-refractivity contribution in [2.45, 2.75) is 32.9 Å². The molecule has 2 aromatic rings. The molecule has 0 aliphatic carbocycles. The van der Waals surface area contributed by atoms with Crippen LogP contribution in [0.3, 0.4) is 0 Å². The average molecular weight is 375 g/mol. The number of rotatable bonds is 7. The van der Waals surface area contributed by atoms with Crippen molar-refractivity contribution in [1.29, 1.82) is 0 Å². The summed E-state index contributed by atoms with van der Waals surface area (Å²) in [5.41, 5.74) is 1.41. The summed E-state index contributed by atoms with van der Waals surface area (Å²) in [6.45, 7) is 5.64. The van der Waals surface area contributed by atoms with Gasteiger partial charge in [0.2, 0.25) is 5.91 Å². The molecule has 2 rings (SSSR count). The molecule has 2 amide bonds. The first kappa shape index (κ1) is 19.8. The minimum atomic E-state index is -0.310. The van der Waals surface area contributed by atoms with Crippen molar-refractivity contribution in [1.82, 2.24) is 10.6 Å². The normalized spacial score (nSPS) is 11.7. The number of carbonyl (C=O) groups is 2. The van der Waals surface area contributed by atoms with E-state index < -0.39 is 0 Å². The number of halogens is 1. The maximum atomic E-state index is 12.1. The summed E-state index contributed by atoms with van der Waals surface area (Å²) in [7, 11) is 0. The van der Waals surface area contributed by atoms with Crippen molar-refractivity contribution in [2.75, 3.05) is 6.54 Å². The summed E-state index contributed by atoms with van der Waals surface area (Å²) in [5, 5.41) is 6.09. The van der Waals surface area contributed by atoms with Gasteiger partial charge in [-0.15, -0.1) is 0 Å². The van der Waals surface area contributed by atoms with Crippen LogP contribution in [-0.4, -0.2) is 24.5 Å². The number of carbonyl (C=O) groups excluding carboxylic acids is 2. The molecule has 5 nitrogen and oxygen atoms in total. The Hall–Kier alpha value is -2.53. The Kier molecular flexibility index (Phi) is 7.04. The number of hydrogen-bond donors (Lipinski definition) is 2. The van der Waals surface area contributed by atoms with Crippen molar-refractivity contribution in [3.63, 3.8) is 0 Å². The van der Waals surface area contributed by atoms with Crippen molar-refractivity contribution in [3.8, 4) is 5.75 Å². The molecule has 0 bridgehead atoms. The highest BCUT2D eigenvalue weighted by Crippen LogP contribution is 2.16. The van der Waals surface area contributed by atoms with Gasteiger partial charge in [0.1, 0.15) is 5.75 Å². The second-order valence-corrected chi connectivity index (χ2v) is 6.65. The third kappa shape index (κ3) is 6.08. The van der Waals surface area contributed by atoms with Gasteiger partial charge in [0.15, 0.2) is 0 Å². The summed E-state index contributed by atoms with van der Waals surface area (Å²) in [5.74, 6) is 0.127. The van der Waals surface area contributed by atoms with E-state index in [9.17, 15) is 9.59 Å². The van der Waals surface area contributed by atoms with E-state index in [0.717, 1.165) is 5.56 Å². The summed E-state index contributed by atoms with van der Waals surface area (Å²) >= 11 is 5.86. The van der Waals surface area contributed by atoms with Gasteiger partial charge in [-0.1, -0.05) is 23.7 Å². The van der Waals surface area contributed by atoms with E-state index in [-0.39, 0.29) is 30.5 Å². The Bertz CT molecular complexity index is 743. The molecule has 0 spiro atoms. The number of benzene rings is 2. The molecule has 0 aliphatic rings. The zero-order valence-electron chi connectivity index (χ0n) is 15.1. The van der Waals surface area contributed by atoms with Crippen LogP contribution in [0, 0.1) is 0 Å². The molecule has 0 aromatic heterocycles. The van der Waals surface area contributed by atoms with Gasteiger partial charge >= 0.3 is 0 Å². The maximum absolute atomic E-state index is 12.1. The van der Waals surface area contributed by atoms with Gasteiger partial charge in [-0.2, -0.15) is 0 Å². The van der Waals surface area contributed by atoms with E-state index in [4.69, 9.17) is 16.3 Å². The van der Waals surface area contributed by atoms with E-state index in [1.807, 2.05) is 32.9 Å². The Balaban J connectivity index is 1.82. The molecular formula is C20H23ClN2O3. The molecule has 2 N–H and O–H groups in total. The van der Waals surface area contributed by atoms with Gasteiger partial charge in [0, 0.05) is 10.6 Å². The molecule has 0 saturated heterocycles. The van der Waals surface area contributed by atoms with Crippen molar-refractivity contribution in [3.05, 3.63) is 64.7 Å². The van der Waals surface area contributed by atoms with E-state index >= 15 is 0 Å². The third-order valence-electron chi connectivity index (χ3n) is 3.65. The van der Waals surface area contributed by atoms with Crippen LogP contribution in [0.1, 0.15) is 42.7 Å². The molecule has 0 heterocycles. The van der Waals surface area contributed by atoms with Gasteiger partial charge in [-0.3, -0.25) is 9.59 Å². The molecule has 138 valence electrons. The second-order valence-electron chi connectivity index (χ2n) is 6.21. The van der Waals surface area contributed by atoms with Gasteiger partial charge in [0.05, 0.1) is 18.7 Å². The fourth-order valence-electron chi connectivity index (χ4n) is 2.35. The molecule has 1 atom stereocenters. The van der Waals surface area contributed by atoms with Crippen LogP contribution in [0.4, 0.5) is 0 Å². The largest absolute Gasteiger partial charge is 0.491 e. The monoisotopic (exact) mass is 374 g/mol. The van der Waals surface area contributed by atoms with Crippen molar-refractivity contribution >= 4 is 23.4 Å². The van der Waals surface area contributed by atoms with Crippen LogP contribution in [0.25, 0.3) is 0 Å². The highest BCUT2D eigenvalue weighted by molar-refractivity contribution is 6.30. The molecule has 0 aliphatic heterocycles. The smallest absolute Gasteiger partial charge is 0.251 e. The van der Waals surface area contributed by atoms with Crippen LogP contribution in [-0.2, 0) is 4.79 Å². The Morgan fingerprint density at radius 2 is 1.62 bits per heavy atom. The molecule has 0 saturated carbocycles. The van der Waals surface area contributed by atoms with E-state index in [0.29, 0.717) is 16.3 Å². The zero-order chi connectivity index (χ0) is 19.1. The molecule has 26 heavy (non-hydrogen) atoms. The molecule has 0 unspecified atom stereocenters. The van der Waals surface area contributed by atoms with Gasteiger partial charge in [-0.25, -0.2) is 0 Å². The van der Waals surface area contributed by atoms with E-state index in [1.54, 1.807) is 36.4 Å². The molecule has 2 aromatic carbocycles. The lowest BCUT2D eigenvalue weighted by atomic mass is 10.1. The lowest BCUT2D eigenvalue weighted by Gasteiger charge is -2.15. The van der Waals surface area contributed by atoms with Crippen LogP contribution in [0.15, 0.2) is 48.5 Å². The quantitative estimate of drug-likeness (QED) is 0.775. The van der Waals surface area contributed by atoms with Crippen LogP contribution >= 0.6 is 11.6 Å². The first-order chi connectivity index (χ1) is 12.3. The van der Waals surface area contributed by atoms with E-state index in [1.165, 1.54) is 0 Å². The summed E-state index contributed by atoms with van der Waals surface area (Å²) in [6, 6.07) is 13.9. The molecule has 6 heteroatoms. The van der Waals surface area contributed by atoms with Gasteiger partial charge in [0.25, 0.3) is 5.91 Å². The highest BCUT2D eigenvalue weighted by Gasteiger charge is 2.12. The SMILES string of the molecule is CC(C)Oc1ccc(C(=O)NCC(=O)N[C@H](C)c2ccc(Cl)cc2)cc1. The predicted octanol–water partition coefficient (Wildman–Crippen LogP) is 3.73. The Morgan fingerprint density at radius 3 is 2.19 bits per heavy atom. The Labute approximate surface area is 158 Å². The average Bonchev–Trinajstić information content (AvgIpc) is 2.60. The second kappa shape index (κ2) is 9.25. The molecule has 0 radical (unpaired) electrons.